The molecule has 0 fully saturated rings. The van der Waals surface area contributed by atoms with Gasteiger partial charge in [0.15, 0.2) is 11.5 Å². The van der Waals surface area contributed by atoms with E-state index >= 15 is 0 Å². The van der Waals surface area contributed by atoms with Crippen LogP contribution in [0.15, 0.2) is 48.8 Å². The molecular formula is C17H12N8O. The molecule has 5 rings (SSSR count). The number of nitrogens with one attached hydrogen (secondary N) is 1. The van der Waals surface area contributed by atoms with E-state index in [-0.39, 0.29) is 5.75 Å². The number of nitrogens with two attached hydrogens (primary N) is 1. The molecule has 0 aliphatic rings. The molecule has 0 saturated heterocycles. The number of anilines is 1. The Hall–Kier alpha value is -4.01. The van der Waals surface area contributed by atoms with Crippen LogP contribution in [-0.2, 0) is 0 Å². The molecule has 3 aromatic heterocycles. The van der Waals surface area contributed by atoms with Gasteiger partial charge in [0.2, 0.25) is 0 Å². The number of rotatable bonds is 2. The fourth-order valence-corrected chi connectivity index (χ4v) is 3.11. The maximum atomic E-state index is 10.1. The lowest BCUT2D eigenvalue weighted by Gasteiger charge is -2.11. The Bertz CT molecular complexity index is 1260. The Balaban J connectivity index is 1.78. The Morgan fingerprint density at radius 3 is 2.77 bits per heavy atom. The molecule has 126 valence electrons. The summed E-state index contributed by atoms with van der Waals surface area (Å²) in [6.07, 6.45) is 3.27. The lowest BCUT2D eigenvalue weighted by Crippen LogP contribution is -2.03. The van der Waals surface area contributed by atoms with Crippen molar-refractivity contribution in [3.05, 3.63) is 48.8 Å². The predicted octanol–water partition coefficient (Wildman–Crippen LogP) is 2.02. The normalized spacial score (nSPS) is 11.4. The number of fused-ring (bicyclic) bond motifs is 2. The highest BCUT2D eigenvalue weighted by Gasteiger charge is 2.17. The Morgan fingerprint density at radius 1 is 1.04 bits per heavy atom. The molecule has 0 spiro atoms. The van der Waals surface area contributed by atoms with Gasteiger partial charge >= 0.3 is 0 Å². The first-order valence-electron chi connectivity index (χ1n) is 7.81. The molecule has 2 aromatic carbocycles. The summed E-state index contributed by atoms with van der Waals surface area (Å²) in [6, 6.07) is 11.2. The van der Waals surface area contributed by atoms with Gasteiger partial charge in [-0.05, 0) is 38.9 Å². The van der Waals surface area contributed by atoms with E-state index in [0.717, 1.165) is 16.3 Å². The maximum absolute atomic E-state index is 10.1. The van der Waals surface area contributed by atoms with Crippen molar-refractivity contribution in [2.45, 2.75) is 0 Å². The highest BCUT2D eigenvalue weighted by molar-refractivity contribution is 6.00. The molecule has 5 aromatic rings. The molecule has 0 bridgehead atoms. The quantitative estimate of drug-likeness (QED) is 0.446. The monoisotopic (exact) mass is 344 g/mol. The van der Waals surface area contributed by atoms with E-state index in [1.165, 1.54) is 4.52 Å². The summed E-state index contributed by atoms with van der Waals surface area (Å²) < 4.78 is 1.53. The maximum Gasteiger partial charge on any atom is 0.184 e. The van der Waals surface area contributed by atoms with Gasteiger partial charge in [0, 0.05) is 11.8 Å². The largest absolute Gasteiger partial charge is 0.508 e. The molecule has 3 heterocycles. The highest BCUT2D eigenvalue weighted by Crippen LogP contribution is 2.36. The third-order valence-corrected chi connectivity index (χ3v) is 4.30. The number of benzene rings is 2. The minimum absolute atomic E-state index is 0.159. The average molecular weight is 344 g/mol. The number of H-pyrrole nitrogens is 1. The summed E-state index contributed by atoms with van der Waals surface area (Å²) in [5.74, 6) is 1.03. The van der Waals surface area contributed by atoms with E-state index in [1.54, 1.807) is 24.5 Å². The fraction of sp³-hybridized carbons (Fsp3) is 0. The minimum atomic E-state index is 0.159. The van der Waals surface area contributed by atoms with Crippen LogP contribution < -0.4 is 5.73 Å². The first-order valence-corrected chi connectivity index (χ1v) is 7.81. The van der Waals surface area contributed by atoms with Crippen molar-refractivity contribution in [1.29, 1.82) is 0 Å². The molecule has 9 nitrogen and oxygen atoms in total. The van der Waals surface area contributed by atoms with Crippen LogP contribution in [0.2, 0.25) is 0 Å². The zero-order chi connectivity index (χ0) is 17.7. The van der Waals surface area contributed by atoms with Crippen molar-refractivity contribution in [3.8, 4) is 28.3 Å². The lowest BCUT2D eigenvalue weighted by atomic mass is 9.99. The first-order chi connectivity index (χ1) is 12.7. The van der Waals surface area contributed by atoms with Crippen LogP contribution in [0.5, 0.6) is 5.75 Å². The zero-order valence-corrected chi connectivity index (χ0v) is 13.3. The van der Waals surface area contributed by atoms with Crippen LogP contribution in [0.3, 0.4) is 0 Å². The smallest absolute Gasteiger partial charge is 0.184 e. The van der Waals surface area contributed by atoms with Crippen molar-refractivity contribution in [2.75, 3.05) is 5.73 Å². The Labute approximate surface area is 146 Å². The number of phenols is 1. The van der Waals surface area contributed by atoms with Gasteiger partial charge in [0.1, 0.15) is 11.6 Å². The predicted molar refractivity (Wildman–Crippen MR) is 95.2 cm³/mol. The van der Waals surface area contributed by atoms with E-state index in [9.17, 15) is 5.11 Å². The topological polar surface area (TPSA) is 131 Å². The molecule has 9 heteroatoms. The molecule has 26 heavy (non-hydrogen) atoms. The second-order valence-electron chi connectivity index (χ2n) is 5.82. The average Bonchev–Trinajstić information content (AvgIpc) is 3.31. The van der Waals surface area contributed by atoms with Gasteiger partial charge in [-0.25, -0.2) is 10.1 Å². The van der Waals surface area contributed by atoms with Crippen LogP contribution in [0.25, 0.3) is 38.9 Å². The van der Waals surface area contributed by atoms with E-state index in [0.29, 0.717) is 28.4 Å². The van der Waals surface area contributed by atoms with Crippen LogP contribution in [0.4, 0.5) is 5.82 Å². The molecule has 0 atom stereocenters. The standard InChI is InChI=1S/C17H12N8O/c18-15-13(12-6-10(26)5-9-3-1-2-4-11(9)12)7-19-17-14(8-20-25(15)17)16-21-23-24-22-16/h1-8,26H,18H2,(H,21,22,23,24). The minimum Gasteiger partial charge on any atom is -0.508 e. The van der Waals surface area contributed by atoms with Gasteiger partial charge in [-0.3, -0.25) is 0 Å². The summed E-state index contributed by atoms with van der Waals surface area (Å²) in [5.41, 5.74) is 9.02. The molecule has 0 radical (unpaired) electrons. The third kappa shape index (κ3) is 2.00. The number of nitrogens with zero attached hydrogens (tertiary/aromatic N) is 6. The number of tetrazole rings is 1. The van der Waals surface area contributed by atoms with E-state index in [1.807, 2.05) is 24.3 Å². The fourth-order valence-electron chi connectivity index (χ4n) is 3.11. The number of aromatic hydroxyl groups is 1. The van der Waals surface area contributed by atoms with Gasteiger partial charge in [-0.1, -0.05) is 24.3 Å². The van der Waals surface area contributed by atoms with Crippen molar-refractivity contribution in [1.82, 2.24) is 35.2 Å². The lowest BCUT2D eigenvalue weighted by molar-refractivity contribution is 0.476. The molecule has 0 unspecified atom stereocenters. The van der Waals surface area contributed by atoms with Crippen LogP contribution in [-0.4, -0.2) is 40.3 Å². The number of hydrogen-bond donors (Lipinski definition) is 3. The van der Waals surface area contributed by atoms with Crippen molar-refractivity contribution in [3.63, 3.8) is 0 Å². The van der Waals surface area contributed by atoms with Crippen molar-refractivity contribution < 1.29 is 5.11 Å². The van der Waals surface area contributed by atoms with Crippen molar-refractivity contribution >= 4 is 22.2 Å². The molecule has 0 amide bonds. The van der Waals surface area contributed by atoms with E-state index in [4.69, 9.17) is 5.73 Å². The number of aromatic amines is 1. The number of aromatic nitrogens is 7. The second kappa shape index (κ2) is 5.24. The van der Waals surface area contributed by atoms with E-state index in [2.05, 4.69) is 30.7 Å². The summed E-state index contributed by atoms with van der Waals surface area (Å²) in [4.78, 5) is 4.49. The summed E-state index contributed by atoms with van der Waals surface area (Å²) >= 11 is 0. The molecule has 0 saturated carbocycles. The van der Waals surface area contributed by atoms with E-state index < -0.39 is 0 Å². The molecule has 0 aliphatic carbocycles. The van der Waals surface area contributed by atoms with Gasteiger partial charge < -0.3 is 10.8 Å². The summed E-state index contributed by atoms with van der Waals surface area (Å²) in [5, 5.41) is 30.0. The van der Waals surface area contributed by atoms with Crippen LogP contribution in [0.1, 0.15) is 0 Å². The SMILES string of the molecule is Nc1c(-c2cc(O)cc3ccccc23)cnc2c(-c3nnn[nH]3)cnn12. The van der Waals surface area contributed by atoms with Crippen LogP contribution >= 0.6 is 0 Å². The first kappa shape index (κ1) is 14.3. The molecular weight excluding hydrogens is 332 g/mol. The van der Waals surface area contributed by atoms with Gasteiger partial charge in [-0.15, -0.1) is 5.10 Å². The zero-order valence-electron chi connectivity index (χ0n) is 13.3. The van der Waals surface area contributed by atoms with Gasteiger partial charge in [-0.2, -0.15) is 9.61 Å². The highest BCUT2D eigenvalue weighted by atomic mass is 16.3. The van der Waals surface area contributed by atoms with Crippen LogP contribution in [0, 0.1) is 0 Å². The van der Waals surface area contributed by atoms with Crippen molar-refractivity contribution in [2.24, 2.45) is 0 Å². The Kier molecular flexibility index (Phi) is 2.89. The van der Waals surface area contributed by atoms with Gasteiger partial charge in [0.05, 0.1) is 11.8 Å². The number of hydrogen-bond acceptors (Lipinski definition) is 7. The summed E-state index contributed by atoms with van der Waals surface area (Å²) in [7, 11) is 0. The van der Waals surface area contributed by atoms with Gasteiger partial charge in [0.25, 0.3) is 0 Å². The number of phenolic OH excluding ortho intramolecular Hbond substituents is 1. The summed E-state index contributed by atoms with van der Waals surface area (Å²) in [6.45, 7) is 0. The second-order valence-corrected chi connectivity index (χ2v) is 5.82. The Morgan fingerprint density at radius 2 is 1.92 bits per heavy atom. The molecule has 0 aliphatic heterocycles. The third-order valence-electron chi connectivity index (χ3n) is 4.30. The number of nitrogen functional groups attached to an aromatic ring is 1. The molecule has 4 N–H and O–H groups in total.